The summed E-state index contributed by atoms with van der Waals surface area (Å²) in [4.78, 5) is 21.9. The first-order chi connectivity index (χ1) is 6.27. The lowest BCUT2D eigenvalue weighted by atomic mass is 9.86. The van der Waals surface area contributed by atoms with E-state index in [0.29, 0.717) is 0 Å². The second-order valence-corrected chi connectivity index (χ2v) is 4.38. The number of aliphatic hydroxyl groups excluding tert-OH is 1. The fraction of sp³-hybridized carbons (Fsp3) is 0.800. The van der Waals surface area contributed by atoms with E-state index in [4.69, 9.17) is 0 Å². The molecule has 1 unspecified atom stereocenters. The van der Waals surface area contributed by atoms with Crippen LogP contribution in [0.2, 0.25) is 0 Å². The number of rotatable bonds is 4. The summed E-state index contributed by atoms with van der Waals surface area (Å²) < 4.78 is 4.35. The maximum atomic E-state index is 11.2. The molecule has 0 saturated carbocycles. The first-order valence-electron chi connectivity index (χ1n) is 4.54. The fourth-order valence-electron chi connectivity index (χ4n) is 0.827. The Bertz CT molecular complexity index is 215. The van der Waals surface area contributed by atoms with Gasteiger partial charge in [-0.25, -0.2) is 0 Å². The normalized spacial score (nSPS) is 13.5. The number of ketones is 1. The van der Waals surface area contributed by atoms with Crippen LogP contribution in [0.1, 0.15) is 33.6 Å². The van der Waals surface area contributed by atoms with Crippen molar-refractivity contribution in [1.29, 1.82) is 0 Å². The maximum Gasteiger partial charge on any atom is 0.313 e. The molecular formula is C10H18O4. The number of carbonyl (C=O) groups is 2. The van der Waals surface area contributed by atoms with Crippen LogP contribution in [0.3, 0.4) is 0 Å². The molecule has 0 fully saturated rings. The minimum atomic E-state index is -0.723. The highest BCUT2D eigenvalue weighted by atomic mass is 16.5. The van der Waals surface area contributed by atoms with E-state index >= 15 is 0 Å². The van der Waals surface area contributed by atoms with Gasteiger partial charge in [0.2, 0.25) is 0 Å². The molecule has 4 heteroatoms. The lowest BCUT2D eigenvalue weighted by molar-refractivity contribution is -0.144. The minimum absolute atomic E-state index is 0.00139. The number of ether oxygens (including phenoxy) is 1. The number of hydrogen-bond donors (Lipinski definition) is 1. The summed E-state index contributed by atoms with van der Waals surface area (Å²) in [6.07, 6.45) is -0.984. The molecule has 14 heavy (non-hydrogen) atoms. The largest absolute Gasteiger partial charge is 0.469 e. The first kappa shape index (κ1) is 13.1. The Hall–Kier alpha value is -0.900. The molecule has 0 rings (SSSR count). The summed E-state index contributed by atoms with van der Waals surface area (Å²) in [6, 6.07) is 0. The quantitative estimate of drug-likeness (QED) is 0.543. The van der Waals surface area contributed by atoms with Crippen LogP contribution in [0.25, 0.3) is 0 Å². The molecule has 0 heterocycles. The smallest absolute Gasteiger partial charge is 0.313 e. The Morgan fingerprint density at radius 1 is 1.36 bits per heavy atom. The number of aliphatic hydroxyl groups is 1. The second kappa shape index (κ2) is 5.10. The average Bonchev–Trinajstić information content (AvgIpc) is 2.02. The van der Waals surface area contributed by atoms with Crippen LogP contribution in [-0.4, -0.2) is 30.1 Å². The van der Waals surface area contributed by atoms with E-state index < -0.39 is 12.1 Å². The van der Waals surface area contributed by atoms with Crippen molar-refractivity contribution in [3.05, 3.63) is 0 Å². The van der Waals surface area contributed by atoms with Gasteiger partial charge in [-0.2, -0.15) is 0 Å². The summed E-state index contributed by atoms with van der Waals surface area (Å²) in [5.74, 6) is -0.851. The van der Waals surface area contributed by atoms with Gasteiger partial charge in [-0.3, -0.25) is 9.59 Å². The molecular weight excluding hydrogens is 184 g/mol. The van der Waals surface area contributed by atoms with E-state index in [0.717, 1.165) is 0 Å². The summed E-state index contributed by atoms with van der Waals surface area (Å²) in [5, 5.41) is 9.57. The number of Topliss-reactive ketones (excluding diaryl/α,β-unsaturated/α-hetero) is 1. The third-order valence-corrected chi connectivity index (χ3v) is 1.99. The molecule has 0 aromatic heterocycles. The molecule has 1 atom stereocenters. The Balaban J connectivity index is 4.01. The number of methoxy groups -OCH3 is 1. The van der Waals surface area contributed by atoms with Crippen molar-refractivity contribution in [3.63, 3.8) is 0 Å². The Morgan fingerprint density at radius 2 is 1.86 bits per heavy atom. The second-order valence-electron chi connectivity index (χ2n) is 4.38. The Labute approximate surface area is 84.3 Å². The van der Waals surface area contributed by atoms with Gasteiger partial charge in [0.05, 0.1) is 13.2 Å². The molecule has 0 aliphatic carbocycles. The highest BCUT2D eigenvalue weighted by molar-refractivity contribution is 5.95. The number of carbonyl (C=O) groups excluding carboxylic acids is 2. The van der Waals surface area contributed by atoms with E-state index in [1.54, 1.807) is 0 Å². The maximum absolute atomic E-state index is 11.2. The molecule has 0 aliphatic heterocycles. The third kappa shape index (κ3) is 4.97. The van der Waals surface area contributed by atoms with Gasteiger partial charge in [0.1, 0.15) is 12.2 Å². The van der Waals surface area contributed by atoms with Crippen LogP contribution in [0.4, 0.5) is 0 Å². The average molecular weight is 202 g/mol. The zero-order chi connectivity index (χ0) is 11.4. The van der Waals surface area contributed by atoms with Crippen molar-refractivity contribution in [2.45, 2.75) is 39.7 Å². The van der Waals surface area contributed by atoms with Crippen LogP contribution < -0.4 is 0 Å². The van der Waals surface area contributed by atoms with Gasteiger partial charge in [0.15, 0.2) is 0 Å². The molecule has 0 bridgehead atoms. The van der Waals surface area contributed by atoms with Gasteiger partial charge in [0, 0.05) is 6.42 Å². The van der Waals surface area contributed by atoms with Crippen LogP contribution in [0.15, 0.2) is 0 Å². The number of hydrogen-bond acceptors (Lipinski definition) is 4. The molecule has 0 saturated heterocycles. The minimum Gasteiger partial charge on any atom is -0.469 e. The van der Waals surface area contributed by atoms with Crippen LogP contribution in [-0.2, 0) is 14.3 Å². The summed E-state index contributed by atoms with van der Waals surface area (Å²) in [7, 11) is 1.23. The molecule has 0 aromatic carbocycles. The molecule has 82 valence electrons. The van der Waals surface area contributed by atoms with Crippen molar-refractivity contribution in [3.8, 4) is 0 Å². The summed E-state index contributed by atoms with van der Waals surface area (Å²) >= 11 is 0. The molecule has 0 aliphatic rings. The highest BCUT2D eigenvalue weighted by Crippen LogP contribution is 2.21. The molecule has 0 spiro atoms. The van der Waals surface area contributed by atoms with E-state index in [9.17, 15) is 14.7 Å². The van der Waals surface area contributed by atoms with E-state index in [1.807, 2.05) is 20.8 Å². The molecule has 0 aromatic rings. The SMILES string of the molecule is COC(=O)CC(=O)CC(O)C(C)(C)C. The van der Waals surface area contributed by atoms with Crippen LogP contribution >= 0.6 is 0 Å². The van der Waals surface area contributed by atoms with Gasteiger partial charge in [-0.05, 0) is 5.41 Å². The predicted octanol–water partition coefficient (Wildman–Crippen LogP) is 0.916. The lowest BCUT2D eigenvalue weighted by Gasteiger charge is -2.24. The van der Waals surface area contributed by atoms with Gasteiger partial charge in [-0.15, -0.1) is 0 Å². The predicted molar refractivity (Wildman–Crippen MR) is 51.7 cm³/mol. The topological polar surface area (TPSA) is 63.6 Å². The monoisotopic (exact) mass is 202 g/mol. The standard InChI is InChI=1S/C10H18O4/c1-10(2,3)8(12)5-7(11)6-9(13)14-4/h8,12H,5-6H2,1-4H3. The van der Waals surface area contributed by atoms with Gasteiger partial charge < -0.3 is 9.84 Å². The van der Waals surface area contributed by atoms with Crippen LogP contribution in [0, 0.1) is 5.41 Å². The van der Waals surface area contributed by atoms with E-state index in [2.05, 4.69) is 4.74 Å². The zero-order valence-corrected chi connectivity index (χ0v) is 9.16. The van der Waals surface area contributed by atoms with E-state index in [-0.39, 0.29) is 24.0 Å². The summed E-state index contributed by atoms with van der Waals surface area (Å²) in [6.45, 7) is 5.51. The number of esters is 1. The fourth-order valence-corrected chi connectivity index (χ4v) is 0.827. The first-order valence-corrected chi connectivity index (χ1v) is 4.54. The third-order valence-electron chi connectivity index (χ3n) is 1.99. The molecule has 0 radical (unpaired) electrons. The van der Waals surface area contributed by atoms with Crippen molar-refractivity contribution in [2.24, 2.45) is 5.41 Å². The van der Waals surface area contributed by atoms with Gasteiger partial charge in [0.25, 0.3) is 0 Å². The Kier molecular flexibility index (Phi) is 4.77. The lowest BCUT2D eigenvalue weighted by Crippen LogP contribution is -2.29. The molecule has 4 nitrogen and oxygen atoms in total. The van der Waals surface area contributed by atoms with E-state index in [1.165, 1.54) is 7.11 Å². The van der Waals surface area contributed by atoms with Crippen molar-refractivity contribution < 1.29 is 19.4 Å². The molecule has 0 amide bonds. The molecule has 1 N–H and O–H groups in total. The van der Waals surface area contributed by atoms with Gasteiger partial charge in [-0.1, -0.05) is 20.8 Å². The highest BCUT2D eigenvalue weighted by Gasteiger charge is 2.25. The van der Waals surface area contributed by atoms with Crippen molar-refractivity contribution in [2.75, 3.05) is 7.11 Å². The van der Waals surface area contributed by atoms with Gasteiger partial charge >= 0.3 is 5.97 Å². The summed E-state index contributed by atoms with van der Waals surface area (Å²) in [5.41, 5.74) is -0.341. The van der Waals surface area contributed by atoms with Crippen LogP contribution in [0.5, 0.6) is 0 Å². The van der Waals surface area contributed by atoms with Crippen molar-refractivity contribution in [1.82, 2.24) is 0 Å². The zero-order valence-electron chi connectivity index (χ0n) is 9.16. The Morgan fingerprint density at radius 3 is 2.21 bits per heavy atom. The van der Waals surface area contributed by atoms with Crippen molar-refractivity contribution >= 4 is 11.8 Å².